The topological polar surface area (TPSA) is 58.6 Å². The van der Waals surface area contributed by atoms with Gasteiger partial charge >= 0.3 is 0 Å². The van der Waals surface area contributed by atoms with Gasteiger partial charge in [0.05, 0.1) is 0 Å². The highest BCUT2D eigenvalue weighted by Gasteiger charge is 2.27. The number of hydrogen-bond acceptors (Lipinski definition) is 3. The minimum Gasteiger partial charge on any atom is -0.481 e. The summed E-state index contributed by atoms with van der Waals surface area (Å²) in [7, 11) is 0. The Bertz CT molecular complexity index is 411. The van der Waals surface area contributed by atoms with Gasteiger partial charge < -0.3 is 15.2 Å². The normalized spacial score (nSPS) is 14.4. The molecule has 0 aliphatic rings. The van der Waals surface area contributed by atoms with E-state index in [4.69, 9.17) is 9.84 Å². The molecule has 0 saturated heterocycles. The van der Waals surface area contributed by atoms with Crippen molar-refractivity contribution in [1.29, 1.82) is 0 Å². The van der Waals surface area contributed by atoms with E-state index < -0.39 is 6.10 Å². The molecule has 0 heterocycles. The molecule has 0 saturated carbocycles. The first-order valence-corrected chi connectivity index (χ1v) is 6.97. The van der Waals surface area contributed by atoms with Crippen LogP contribution in [0.1, 0.15) is 34.1 Å². The molecular formula is C16H25NO3. The van der Waals surface area contributed by atoms with Gasteiger partial charge in [-0.2, -0.15) is 0 Å². The summed E-state index contributed by atoms with van der Waals surface area (Å²) in [4.78, 5) is 12.2. The Kier molecular flexibility index (Phi) is 6.02. The SMILES string of the molecule is CC(Oc1ccccc1)C(=O)NC(CCO)C(C)(C)C. The Hall–Kier alpha value is -1.55. The van der Waals surface area contributed by atoms with Crippen molar-refractivity contribution in [2.45, 2.75) is 46.3 Å². The number of nitrogens with one attached hydrogen (secondary N) is 1. The van der Waals surface area contributed by atoms with Crippen LogP contribution in [0.5, 0.6) is 5.75 Å². The van der Waals surface area contributed by atoms with Crippen molar-refractivity contribution in [3.8, 4) is 5.75 Å². The van der Waals surface area contributed by atoms with Crippen LogP contribution in [-0.4, -0.2) is 29.8 Å². The molecule has 2 unspecified atom stereocenters. The van der Waals surface area contributed by atoms with Crippen molar-refractivity contribution in [3.63, 3.8) is 0 Å². The molecule has 0 spiro atoms. The number of hydrogen-bond donors (Lipinski definition) is 2. The van der Waals surface area contributed by atoms with Crippen molar-refractivity contribution in [3.05, 3.63) is 30.3 Å². The molecule has 4 nitrogen and oxygen atoms in total. The number of carbonyl (C=O) groups excluding carboxylic acids is 1. The van der Waals surface area contributed by atoms with Crippen molar-refractivity contribution >= 4 is 5.91 Å². The number of carbonyl (C=O) groups is 1. The summed E-state index contributed by atoms with van der Waals surface area (Å²) in [5.74, 6) is 0.506. The summed E-state index contributed by atoms with van der Waals surface area (Å²) in [6.45, 7) is 7.89. The zero-order valence-electron chi connectivity index (χ0n) is 12.7. The molecule has 20 heavy (non-hydrogen) atoms. The maximum absolute atomic E-state index is 12.2. The van der Waals surface area contributed by atoms with Crippen molar-refractivity contribution in [2.24, 2.45) is 5.41 Å². The van der Waals surface area contributed by atoms with Gasteiger partial charge in [-0.15, -0.1) is 0 Å². The van der Waals surface area contributed by atoms with E-state index in [0.29, 0.717) is 12.2 Å². The van der Waals surface area contributed by atoms with Crippen LogP contribution in [0.15, 0.2) is 30.3 Å². The van der Waals surface area contributed by atoms with Crippen LogP contribution in [-0.2, 0) is 4.79 Å². The lowest BCUT2D eigenvalue weighted by molar-refractivity contribution is -0.128. The molecular weight excluding hydrogens is 254 g/mol. The second-order valence-electron chi connectivity index (χ2n) is 6.01. The Labute approximate surface area is 121 Å². The van der Waals surface area contributed by atoms with Gasteiger partial charge in [-0.1, -0.05) is 39.0 Å². The molecule has 0 aromatic heterocycles. The maximum Gasteiger partial charge on any atom is 0.261 e. The highest BCUT2D eigenvalue weighted by atomic mass is 16.5. The number of para-hydroxylation sites is 1. The second-order valence-corrected chi connectivity index (χ2v) is 6.01. The van der Waals surface area contributed by atoms with Crippen LogP contribution < -0.4 is 10.1 Å². The highest BCUT2D eigenvalue weighted by Crippen LogP contribution is 2.22. The molecule has 1 rings (SSSR count). The fraction of sp³-hybridized carbons (Fsp3) is 0.562. The molecule has 0 bridgehead atoms. The average Bonchev–Trinajstić information content (AvgIpc) is 2.38. The summed E-state index contributed by atoms with van der Waals surface area (Å²) in [6, 6.07) is 9.18. The number of aliphatic hydroxyl groups is 1. The van der Waals surface area contributed by atoms with Crippen molar-refractivity contribution in [2.75, 3.05) is 6.61 Å². The number of amides is 1. The van der Waals surface area contributed by atoms with E-state index in [2.05, 4.69) is 5.32 Å². The molecule has 4 heteroatoms. The van der Waals surface area contributed by atoms with E-state index in [0.717, 1.165) is 0 Å². The predicted molar refractivity (Wildman–Crippen MR) is 79.6 cm³/mol. The maximum atomic E-state index is 12.2. The first-order chi connectivity index (χ1) is 9.34. The van der Waals surface area contributed by atoms with Gasteiger partial charge in [0.25, 0.3) is 5.91 Å². The van der Waals surface area contributed by atoms with Crippen LogP contribution >= 0.6 is 0 Å². The smallest absolute Gasteiger partial charge is 0.261 e. The van der Waals surface area contributed by atoms with Gasteiger partial charge in [-0.05, 0) is 30.9 Å². The number of aliphatic hydroxyl groups excluding tert-OH is 1. The molecule has 1 aromatic rings. The summed E-state index contributed by atoms with van der Waals surface area (Å²) in [5.41, 5.74) is -0.106. The summed E-state index contributed by atoms with van der Waals surface area (Å²) in [5, 5.41) is 12.1. The van der Waals surface area contributed by atoms with Crippen LogP contribution in [0.25, 0.3) is 0 Å². The summed E-state index contributed by atoms with van der Waals surface area (Å²) < 4.78 is 5.59. The summed E-state index contributed by atoms with van der Waals surface area (Å²) >= 11 is 0. The number of benzene rings is 1. The summed E-state index contributed by atoms with van der Waals surface area (Å²) in [6.07, 6.45) is -0.0336. The van der Waals surface area contributed by atoms with Crippen LogP contribution in [0.3, 0.4) is 0 Å². The Morgan fingerprint density at radius 2 is 1.90 bits per heavy atom. The fourth-order valence-corrected chi connectivity index (χ4v) is 1.90. The second kappa shape index (κ2) is 7.29. The van der Waals surface area contributed by atoms with E-state index in [1.807, 2.05) is 51.1 Å². The van der Waals surface area contributed by atoms with Crippen molar-refractivity contribution in [1.82, 2.24) is 5.32 Å². The third kappa shape index (κ3) is 5.21. The zero-order chi connectivity index (χ0) is 15.2. The van der Waals surface area contributed by atoms with Crippen LogP contribution in [0.4, 0.5) is 0 Å². The Balaban J connectivity index is 2.60. The van der Waals surface area contributed by atoms with Gasteiger partial charge in [-0.3, -0.25) is 4.79 Å². The number of rotatable bonds is 6. The van der Waals surface area contributed by atoms with Gasteiger partial charge in [0.2, 0.25) is 0 Å². The van der Waals surface area contributed by atoms with Gasteiger partial charge in [0, 0.05) is 12.6 Å². The molecule has 0 radical (unpaired) electrons. The standard InChI is InChI=1S/C16H25NO3/c1-12(20-13-8-6-5-7-9-13)15(19)17-14(10-11-18)16(2,3)4/h5-9,12,14,18H,10-11H2,1-4H3,(H,17,19). The predicted octanol–water partition coefficient (Wildman–Crippen LogP) is 2.37. The van der Waals surface area contributed by atoms with E-state index >= 15 is 0 Å². The van der Waals surface area contributed by atoms with Crippen LogP contribution in [0, 0.1) is 5.41 Å². The van der Waals surface area contributed by atoms with Gasteiger partial charge in [0.1, 0.15) is 5.75 Å². The lowest BCUT2D eigenvalue weighted by Crippen LogP contribution is -2.48. The molecule has 1 aromatic carbocycles. The van der Waals surface area contributed by atoms with E-state index in [-0.39, 0.29) is 24.0 Å². The average molecular weight is 279 g/mol. The first-order valence-electron chi connectivity index (χ1n) is 6.97. The van der Waals surface area contributed by atoms with Crippen molar-refractivity contribution < 1.29 is 14.6 Å². The molecule has 112 valence electrons. The van der Waals surface area contributed by atoms with E-state index in [1.54, 1.807) is 6.92 Å². The Morgan fingerprint density at radius 1 is 1.30 bits per heavy atom. The molecule has 2 N–H and O–H groups in total. The van der Waals surface area contributed by atoms with E-state index in [9.17, 15) is 4.79 Å². The molecule has 0 fully saturated rings. The third-order valence-electron chi connectivity index (χ3n) is 3.20. The lowest BCUT2D eigenvalue weighted by atomic mass is 9.85. The minimum absolute atomic E-state index is 0.0517. The molecule has 2 atom stereocenters. The Morgan fingerprint density at radius 3 is 2.40 bits per heavy atom. The fourth-order valence-electron chi connectivity index (χ4n) is 1.90. The van der Waals surface area contributed by atoms with E-state index in [1.165, 1.54) is 0 Å². The quantitative estimate of drug-likeness (QED) is 0.840. The van der Waals surface area contributed by atoms with Gasteiger partial charge in [0.15, 0.2) is 6.10 Å². The minimum atomic E-state index is -0.569. The molecule has 1 amide bonds. The monoisotopic (exact) mass is 279 g/mol. The van der Waals surface area contributed by atoms with Gasteiger partial charge in [-0.25, -0.2) is 0 Å². The number of ether oxygens (including phenoxy) is 1. The zero-order valence-corrected chi connectivity index (χ0v) is 12.7. The third-order valence-corrected chi connectivity index (χ3v) is 3.20. The lowest BCUT2D eigenvalue weighted by Gasteiger charge is -2.32. The van der Waals surface area contributed by atoms with Crippen LogP contribution in [0.2, 0.25) is 0 Å². The highest BCUT2D eigenvalue weighted by molar-refractivity contribution is 5.81. The molecule has 0 aliphatic carbocycles. The largest absolute Gasteiger partial charge is 0.481 e. The molecule has 0 aliphatic heterocycles. The first kappa shape index (κ1) is 16.5.